The van der Waals surface area contributed by atoms with Gasteiger partial charge in [-0.25, -0.2) is 4.99 Å². The standard InChI is InChI=1S/C17H27N3OS/c1-4-18-17(20-14-9-10-15(11-14)22-3)19-12-13-7-5-6-8-16(13)21-2/h5-8,14-15H,4,9-12H2,1-3H3,(H2,18,19,20). The molecule has 1 aliphatic rings. The smallest absolute Gasteiger partial charge is 0.191 e. The highest BCUT2D eigenvalue weighted by molar-refractivity contribution is 7.99. The first-order chi connectivity index (χ1) is 10.8. The molecule has 0 heterocycles. The number of para-hydroxylation sites is 1. The number of thioether (sulfide) groups is 1. The van der Waals surface area contributed by atoms with Crippen LogP contribution in [0.5, 0.6) is 5.75 Å². The van der Waals surface area contributed by atoms with Crippen LogP contribution < -0.4 is 15.4 Å². The number of nitrogens with one attached hydrogen (secondary N) is 2. The van der Waals surface area contributed by atoms with Crippen molar-refractivity contribution in [3.8, 4) is 5.75 Å². The molecule has 0 aromatic heterocycles. The molecule has 2 rings (SSSR count). The number of benzene rings is 1. The van der Waals surface area contributed by atoms with E-state index in [1.807, 2.05) is 30.0 Å². The topological polar surface area (TPSA) is 45.7 Å². The molecule has 1 aliphatic carbocycles. The van der Waals surface area contributed by atoms with Gasteiger partial charge in [-0.1, -0.05) is 18.2 Å². The predicted molar refractivity (Wildman–Crippen MR) is 95.9 cm³/mol. The van der Waals surface area contributed by atoms with Gasteiger partial charge in [-0.05, 0) is 38.5 Å². The Balaban J connectivity index is 1.98. The largest absolute Gasteiger partial charge is 0.496 e. The lowest BCUT2D eigenvalue weighted by Gasteiger charge is -2.17. The maximum absolute atomic E-state index is 5.39. The Hall–Kier alpha value is -1.36. The molecular weight excluding hydrogens is 294 g/mol. The predicted octanol–water partition coefficient (Wildman–Crippen LogP) is 3.03. The van der Waals surface area contributed by atoms with E-state index >= 15 is 0 Å². The second kappa shape index (κ2) is 8.93. The normalized spacial score (nSPS) is 21.7. The molecule has 1 aromatic carbocycles. The molecule has 0 amide bonds. The molecule has 0 bridgehead atoms. The SMILES string of the molecule is CCNC(=NCc1ccccc1OC)NC1CCC(SC)C1. The third kappa shape index (κ3) is 4.83. The number of hydrogen-bond acceptors (Lipinski definition) is 3. The van der Waals surface area contributed by atoms with Crippen LogP contribution in [-0.4, -0.2) is 37.2 Å². The molecule has 1 saturated carbocycles. The number of rotatable bonds is 6. The van der Waals surface area contributed by atoms with Crippen molar-refractivity contribution in [2.24, 2.45) is 4.99 Å². The van der Waals surface area contributed by atoms with Crippen molar-refractivity contribution in [2.45, 2.75) is 44.0 Å². The van der Waals surface area contributed by atoms with Crippen LogP contribution in [-0.2, 0) is 6.54 Å². The van der Waals surface area contributed by atoms with E-state index < -0.39 is 0 Å². The highest BCUT2D eigenvalue weighted by Gasteiger charge is 2.24. The molecular formula is C17H27N3OS. The monoisotopic (exact) mass is 321 g/mol. The van der Waals surface area contributed by atoms with Gasteiger partial charge < -0.3 is 15.4 Å². The minimum absolute atomic E-state index is 0.535. The van der Waals surface area contributed by atoms with Gasteiger partial charge >= 0.3 is 0 Å². The maximum atomic E-state index is 5.39. The van der Waals surface area contributed by atoms with Crippen molar-refractivity contribution in [1.82, 2.24) is 10.6 Å². The van der Waals surface area contributed by atoms with E-state index in [0.717, 1.165) is 29.1 Å². The molecule has 22 heavy (non-hydrogen) atoms. The van der Waals surface area contributed by atoms with Crippen molar-refractivity contribution in [3.63, 3.8) is 0 Å². The summed E-state index contributed by atoms with van der Waals surface area (Å²) in [5, 5.41) is 7.70. The van der Waals surface area contributed by atoms with E-state index in [1.165, 1.54) is 19.3 Å². The first kappa shape index (κ1) is 17.0. The molecule has 0 spiro atoms. The van der Waals surface area contributed by atoms with Gasteiger partial charge in [-0.15, -0.1) is 0 Å². The molecule has 2 atom stereocenters. The lowest BCUT2D eigenvalue weighted by molar-refractivity contribution is 0.410. The summed E-state index contributed by atoms with van der Waals surface area (Å²) in [7, 11) is 1.70. The average molecular weight is 321 g/mol. The fourth-order valence-corrected chi connectivity index (χ4v) is 3.59. The lowest BCUT2D eigenvalue weighted by Crippen LogP contribution is -2.42. The summed E-state index contributed by atoms with van der Waals surface area (Å²) in [6.07, 6.45) is 5.95. The van der Waals surface area contributed by atoms with Crippen molar-refractivity contribution in [3.05, 3.63) is 29.8 Å². The zero-order valence-electron chi connectivity index (χ0n) is 13.8. The second-order valence-corrected chi connectivity index (χ2v) is 6.66. The zero-order chi connectivity index (χ0) is 15.8. The van der Waals surface area contributed by atoms with Crippen LogP contribution in [0.25, 0.3) is 0 Å². The molecule has 1 fully saturated rings. The summed E-state index contributed by atoms with van der Waals surface area (Å²) in [5.41, 5.74) is 1.11. The molecule has 0 aliphatic heterocycles. The summed E-state index contributed by atoms with van der Waals surface area (Å²) in [5.74, 6) is 1.80. The van der Waals surface area contributed by atoms with Crippen LogP contribution in [0.1, 0.15) is 31.7 Å². The van der Waals surface area contributed by atoms with Crippen molar-refractivity contribution in [2.75, 3.05) is 19.9 Å². The number of ether oxygens (including phenoxy) is 1. The highest BCUT2D eigenvalue weighted by atomic mass is 32.2. The van der Waals surface area contributed by atoms with Gasteiger partial charge in [0.15, 0.2) is 5.96 Å². The molecule has 2 unspecified atom stereocenters. The molecule has 122 valence electrons. The van der Waals surface area contributed by atoms with Crippen molar-refractivity contribution < 1.29 is 4.74 Å². The Bertz CT molecular complexity index is 493. The molecule has 5 heteroatoms. The molecule has 4 nitrogen and oxygen atoms in total. The maximum Gasteiger partial charge on any atom is 0.191 e. The van der Waals surface area contributed by atoms with Gasteiger partial charge in [0.2, 0.25) is 0 Å². The molecule has 0 radical (unpaired) electrons. The number of hydrogen-bond donors (Lipinski definition) is 2. The quantitative estimate of drug-likeness (QED) is 0.624. The zero-order valence-corrected chi connectivity index (χ0v) is 14.6. The third-order valence-corrected chi connectivity index (χ3v) is 5.10. The Kier molecular flexibility index (Phi) is 6.90. The van der Waals surface area contributed by atoms with Gasteiger partial charge in [0, 0.05) is 23.4 Å². The summed E-state index contributed by atoms with van der Waals surface area (Å²) >= 11 is 1.97. The lowest BCUT2D eigenvalue weighted by atomic mass is 10.2. The summed E-state index contributed by atoms with van der Waals surface area (Å²) < 4.78 is 5.39. The first-order valence-corrected chi connectivity index (χ1v) is 9.25. The van der Waals surface area contributed by atoms with Gasteiger partial charge in [0.05, 0.1) is 13.7 Å². The second-order valence-electron chi connectivity index (χ2n) is 5.52. The van der Waals surface area contributed by atoms with Crippen LogP contribution in [0.3, 0.4) is 0 Å². The van der Waals surface area contributed by atoms with Crippen LogP contribution in [0.4, 0.5) is 0 Å². The average Bonchev–Trinajstić information content (AvgIpc) is 3.00. The minimum atomic E-state index is 0.535. The highest BCUT2D eigenvalue weighted by Crippen LogP contribution is 2.28. The van der Waals surface area contributed by atoms with Crippen molar-refractivity contribution in [1.29, 1.82) is 0 Å². The number of nitrogens with zero attached hydrogens (tertiary/aromatic N) is 1. The van der Waals surface area contributed by atoms with Crippen LogP contribution >= 0.6 is 11.8 Å². The Labute approximate surface area is 138 Å². The third-order valence-electron chi connectivity index (χ3n) is 4.00. The summed E-state index contributed by atoms with van der Waals surface area (Å²) in [6.45, 7) is 3.59. The Morgan fingerprint density at radius 1 is 1.36 bits per heavy atom. The minimum Gasteiger partial charge on any atom is -0.496 e. The van der Waals surface area contributed by atoms with Crippen LogP contribution in [0, 0.1) is 0 Å². The first-order valence-electron chi connectivity index (χ1n) is 7.96. The van der Waals surface area contributed by atoms with E-state index in [4.69, 9.17) is 9.73 Å². The summed E-state index contributed by atoms with van der Waals surface area (Å²) in [4.78, 5) is 4.71. The number of methoxy groups -OCH3 is 1. The van der Waals surface area contributed by atoms with Crippen molar-refractivity contribution >= 4 is 17.7 Å². The van der Waals surface area contributed by atoms with E-state index in [1.54, 1.807) is 7.11 Å². The van der Waals surface area contributed by atoms with E-state index in [2.05, 4.69) is 29.9 Å². The van der Waals surface area contributed by atoms with Gasteiger partial charge in [0.25, 0.3) is 0 Å². The van der Waals surface area contributed by atoms with Gasteiger partial charge in [-0.3, -0.25) is 0 Å². The van der Waals surface area contributed by atoms with E-state index in [0.29, 0.717) is 12.6 Å². The Morgan fingerprint density at radius 2 is 2.18 bits per heavy atom. The van der Waals surface area contributed by atoms with Crippen LogP contribution in [0.15, 0.2) is 29.3 Å². The number of aliphatic imine (C=N–C) groups is 1. The molecule has 2 N–H and O–H groups in total. The number of guanidine groups is 1. The fourth-order valence-electron chi connectivity index (χ4n) is 2.80. The van der Waals surface area contributed by atoms with E-state index in [-0.39, 0.29) is 0 Å². The van der Waals surface area contributed by atoms with E-state index in [9.17, 15) is 0 Å². The van der Waals surface area contributed by atoms with Crippen LogP contribution in [0.2, 0.25) is 0 Å². The van der Waals surface area contributed by atoms with Gasteiger partial charge in [0.1, 0.15) is 5.75 Å². The Morgan fingerprint density at radius 3 is 2.86 bits per heavy atom. The summed E-state index contributed by atoms with van der Waals surface area (Å²) in [6, 6.07) is 8.58. The fraction of sp³-hybridized carbons (Fsp3) is 0.588. The van der Waals surface area contributed by atoms with Gasteiger partial charge in [-0.2, -0.15) is 11.8 Å². The molecule has 0 saturated heterocycles. The molecule has 1 aromatic rings.